The highest BCUT2D eigenvalue weighted by molar-refractivity contribution is 6.30. The van der Waals surface area contributed by atoms with Gasteiger partial charge in [0.1, 0.15) is 5.41 Å². The number of piperidine rings is 1. The first-order chi connectivity index (χ1) is 11.3. The van der Waals surface area contributed by atoms with Gasteiger partial charge in [-0.15, -0.1) is 0 Å². The van der Waals surface area contributed by atoms with Crippen molar-refractivity contribution in [1.82, 2.24) is 4.90 Å². The molecule has 0 bridgehead atoms. The molecule has 1 heterocycles. The molecule has 0 saturated carbocycles. The highest BCUT2D eigenvalue weighted by atomic mass is 35.5. The number of likely N-dealkylation sites (tertiary alicyclic amines) is 1. The third kappa shape index (κ3) is 3.65. The number of carboxylic acid groups (broad SMARTS) is 1. The number of anilines is 1. The van der Waals surface area contributed by atoms with Crippen LogP contribution in [0.4, 0.5) is 10.5 Å². The zero-order valence-electron chi connectivity index (χ0n) is 13.9. The number of benzene rings is 1. The molecule has 2 atom stereocenters. The zero-order chi connectivity index (χ0) is 17.9. The second kappa shape index (κ2) is 7.40. The maximum atomic E-state index is 12.5. The van der Waals surface area contributed by atoms with Crippen molar-refractivity contribution in [1.29, 1.82) is 0 Å². The first kappa shape index (κ1) is 18.5. The summed E-state index contributed by atoms with van der Waals surface area (Å²) in [5.74, 6) is -1.06. The van der Waals surface area contributed by atoms with Gasteiger partial charge in [-0.2, -0.15) is 0 Å². The van der Waals surface area contributed by atoms with E-state index in [1.165, 1.54) is 4.90 Å². The standard InChI is InChI=1S/C17H23ClN2O4/c1-3-7-17(15(22)23)10-20(8-6-14(17)21)16(24)19-13-5-4-12(18)9-11(13)2/h4-5,9,14,21H,3,6-8,10H2,1-2H3,(H,19,24)(H,22,23)/t14-,17-/m1/s1. The summed E-state index contributed by atoms with van der Waals surface area (Å²) in [6.07, 6.45) is 0.248. The van der Waals surface area contributed by atoms with Crippen molar-refractivity contribution in [2.75, 3.05) is 18.4 Å². The van der Waals surface area contributed by atoms with Crippen LogP contribution in [-0.2, 0) is 4.79 Å². The molecule has 0 aromatic heterocycles. The largest absolute Gasteiger partial charge is 0.481 e. The molecule has 0 unspecified atom stereocenters. The summed E-state index contributed by atoms with van der Waals surface area (Å²) in [7, 11) is 0. The van der Waals surface area contributed by atoms with Crippen LogP contribution in [0.15, 0.2) is 18.2 Å². The number of nitrogens with zero attached hydrogens (tertiary/aromatic N) is 1. The van der Waals surface area contributed by atoms with Gasteiger partial charge in [0.05, 0.1) is 6.10 Å². The second-order valence-corrected chi connectivity index (χ2v) is 6.76. The van der Waals surface area contributed by atoms with Gasteiger partial charge in [0.25, 0.3) is 0 Å². The van der Waals surface area contributed by atoms with Crippen molar-refractivity contribution in [3.63, 3.8) is 0 Å². The number of aliphatic carboxylic acids is 1. The Kier molecular flexibility index (Phi) is 5.72. The van der Waals surface area contributed by atoms with Gasteiger partial charge in [-0.3, -0.25) is 4.79 Å². The average Bonchev–Trinajstić information content (AvgIpc) is 2.52. The lowest BCUT2D eigenvalue weighted by Crippen LogP contribution is -2.57. The number of hydrogen-bond donors (Lipinski definition) is 3. The molecule has 1 saturated heterocycles. The number of aryl methyl sites for hydroxylation is 1. The quantitative estimate of drug-likeness (QED) is 0.774. The number of halogens is 1. The Morgan fingerprint density at radius 3 is 2.75 bits per heavy atom. The van der Waals surface area contributed by atoms with E-state index in [4.69, 9.17) is 11.6 Å². The van der Waals surface area contributed by atoms with Crippen LogP contribution in [0.25, 0.3) is 0 Å². The Labute approximate surface area is 146 Å². The van der Waals surface area contributed by atoms with Crippen molar-refractivity contribution in [3.05, 3.63) is 28.8 Å². The molecule has 2 rings (SSSR count). The van der Waals surface area contributed by atoms with E-state index in [-0.39, 0.29) is 19.0 Å². The zero-order valence-corrected chi connectivity index (χ0v) is 14.6. The van der Waals surface area contributed by atoms with Crippen LogP contribution in [0.1, 0.15) is 31.7 Å². The molecule has 6 nitrogen and oxygen atoms in total. The Hall–Kier alpha value is -1.79. The van der Waals surface area contributed by atoms with Gasteiger partial charge in [-0.1, -0.05) is 24.9 Å². The summed E-state index contributed by atoms with van der Waals surface area (Å²) in [5.41, 5.74) is 0.150. The topological polar surface area (TPSA) is 89.9 Å². The van der Waals surface area contributed by atoms with Crippen LogP contribution >= 0.6 is 11.6 Å². The summed E-state index contributed by atoms with van der Waals surface area (Å²) >= 11 is 5.91. The van der Waals surface area contributed by atoms with Gasteiger partial charge in [0.15, 0.2) is 0 Å². The number of carbonyl (C=O) groups is 2. The highest BCUT2D eigenvalue weighted by Crippen LogP contribution is 2.36. The number of carbonyl (C=O) groups excluding carboxylic acids is 1. The van der Waals surface area contributed by atoms with E-state index in [0.717, 1.165) is 5.56 Å². The molecule has 2 amide bonds. The molecule has 0 radical (unpaired) electrons. The van der Waals surface area contributed by atoms with Crippen molar-refractivity contribution in [2.24, 2.45) is 5.41 Å². The van der Waals surface area contributed by atoms with Gasteiger partial charge in [-0.05, 0) is 43.5 Å². The Morgan fingerprint density at radius 2 is 2.17 bits per heavy atom. The summed E-state index contributed by atoms with van der Waals surface area (Å²) in [4.78, 5) is 25.8. The number of amides is 2. The molecule has 7 heteroatoms. The molecule has 132 valence electrons. The maximum Gasteiger partial charge on any atom is 0.321 e. The molecule has 1 aromatic rings. The van der Waals surface area contributed by atoms with Gasteiger partial charge in [0, 0.05) is 23.8 Å². The van der Waals surface area contributed by atoms with E-state index in [0.29, 0.717) is 30.1 Å². The van der Waals surface area contributed by atoms with Gasteiger partial charge >= 0.3 is 12.0 Å². The fourth-order valence-electron chi connectivity index (χ4n) is 3.22. The lowest BCUT2D eigenvalue weighted by Gasteiger charge is -2.43. The van der Waals surface area contributed by atoms with Crippen LogP contribution < -0.4 is 5.32 Å². The first-order valence-electron chi connectivity index (χ1n) is 8.03. The normalized spacial score (nSPS) is 23.8. The molecule has 1 aliphatic rings. The predicted molar refractivity (Wildman–Crippen MR) is 92.4 cm³/mol. The maximum absolute atomic E-state index is 12.5. The monoisotopic (exact) mass is 354 g/mol. The molecule has 24 heavy (non-hydrogen) atoms. The van der Waals surface area contributed by atoms with Crippen molar-refractivity contribution >= 4 is 29.3 Å². The lowest BCUT2D eigenvalue weighted by molar-refractivity contribution is -0.162. The second-order valence-electron chi connectivity index (χ2n) is 6.33. The van der Waals surface area contributed by atoms with Crippen molar-refractivity contribution in [2.45, 2.75) is 39.2 Å². The fourth-order valence-corrected chi connectivity index (χ4v) is 3.45. The number of urea groups is 1. The van der Waals surface area contributed by atoms with E-state index in [1.807, 2.05) is 13.8 Å². The van der Waals surface area contributed by atoms with Crippen LogP contribution in [0, 0.1) is 12.3 Å². The van der Waals surface area contributed by atoms with E-state index in [2.05, 4.69) is 5.32 Å². The van der Waals surface area contributed by atoms with Gasteiger partial charge in [-0.25, -0.2) is 4.79 Å². The number of rotatable bonds is 4. The minimum absolute atomic E-state index is 0.00416. The SMILES string of the molecule is CCC[C@@]1(C(=O)O)CN(C(=O)Nc2ccc(Cl)cc2C)CC[C@H]1O. The Balaban J connectivity index is 2.16. The lowest BCUT2D eigenvalue weighted by atomic mass is 9.74. The fraction of sp³-hybridized carbons (Fsp3) is 0.529. The van der Waals surface area contributed by atoms with E-state index >= 15 is 0 Å². The first-order valence-corrected chi connectivity index (χ1v) is 8.41. The van der Waals surface area contributed by atoms with Crippen molar-refractivity contribution < 1.29 is 19.8 Å². The van der Waals surface area contributed by atoms with Gasteiger partial charge < -0.3 is 20.4 Å². The summed E-state index contributed by atoms with van der Waals surface area (Å²) in [5, 5.41) is 23.2. The van der Waals surface area contributed by atoms with Gasteiger partial charge in [0.2, 0.25) is 0 Å². The molecule has 1 aliphatic heterocycles. The number of aliphatic hydroxyl groups is 1. The minimum Gasteiger partial charge on any atom is -0.481 e. The number of carboxylic acids is 1. The predicted octanol–water partition coefficient (Wildman–Crippen LogP) is 3.12. The molecular formula is C17H23ClN2O4. The Bertz CT molecular complexity index is 637. The number of nitrogens with one attached hydrogen (secondary N) is 1. The molecule has 0 spiro atoms. The van der Waals surface area contributed by atoms with Crippen LogP contribution in [0.3, 0.4) is 0 Å². The van der Waals surface area contributed by atoms with E-state index in [9.17, 15) is 19.8 Å². The highest BCUT2D eigenvalue weighted by Gasteiger charge is 2.49. The van der Waals surface area contributed by atoms with E-state index < -0.39 is 17.5 Å². The molecule has 0 aliphatic carbocycles. The summed E-state index contributed by atoms with van der Waals surface area (Å²) in [6.45, 7) is 4.02. The van der Waals surface area contributed by atoms with E-state index in [1.54, 1.807) is 18.2 Å². The summed E-state index contributed by atoms with van der Waals surface area (Å²) in [6, 6.07) is 4.78. The number of aliphatic hydroxyl groups excluding tert-OH is 1. The minimum atomic E-state index is -1.31. The molecule has 1 fully saturated rings. The molecule has 1 aromatic carbocycles. The van der Waals surface area contributed by atoms with Crippen LogP contribution in [0.5, 0.6) is 0 Å². The third-order valence-electron chi connectivity index (χ3n) is 4.62. The number of hydrogen-bond acceptors (Lipinski definition) is 3. The van der Waals surface area contributed by atoms with Crippen LogP contribution in [0.2, 0.25) is 5.02 Å². The Morgan fingerprint density at radius 1 is 1.46 bits per heavy atom. The molecular weight excluding hydrogens is 332 g/mol. The van der Waals surface area contributed by atoms with Crippen LogP contribution in [-0.4, -0.2) is 46.3 Å². The van der Waals surface area contributed by atoms with Crippen molar-refractivity contribution in [3.8, 4) is 0 Å². The molecule has 3 N–H and O–H groups in total. The average molecular weight is 355 g/mol. The third-order valence-corrected chi connectivity index (χ3v) is 4.86. The summed E-state index contributed by atoms with van der Waals surface area (Å²) < 4.78 is 0. The smallest absolute Gasteiger partial charge is 0.321 e.